The summed E-state index contributed by atoms with van der Waals surface area (Å²) in [5.41, 5.74) is 1.01. The van der Waals surface area contributed by atoms with Gasteiger partial charge in [0.1, 0.15) is 30.6 Å². The molecule has 0 amide bonds. The smallest absolute Gasteiger partial charge is 0.342 e. The topological polar surface area (TPSA) is 170 Å². The molecular formula is C29H32O13. The van der Waals surface area contributed by atoms with Crippen LogP contribution in [0.2, 0.25) is 0 Å². The van der Waals surface area contributed by atoms with E-state index in [1.165, 1.54) is 18.2 Å². The van der Waals surface area contributed by atoms with Gasteiger partial charge in [0, 0.05) is 27.7 Å². The van der Waals surface area contributed by atoms with E-state index in [9.17, 15) is 29.1 Å². The summed E-state index contributed by atoms with van der Waals surface area (Å²) in [5.74, 6) is -3.96. The van der Waals surface area contributed by atoms with Crippen LogP contribution in [-0.2, 0) is 60.8 Å². The third-order valence-corrected chi connectivity index (χ3v) is 5.85. The van der Waals surface area contributed by atoms with Gasteiger partial charge in [0.15, 0.2) is 12.2 Å². The van der Waals surface area contributed by atoms with E-state index in [0.717, 1.165) is 33.3 Å². The molecule has 13 nitrogen and oxygen atoms in total. The van der Waals surface area contributed by atoms with Crippen LogP contribution in [0.1, 0.15) is 49.2 Å². The van der Waals surface area contributed by atoms with Crippen molar-refractivity contribution in [3.63, 3.8) is 0 Å². The summed E-state index contributed by atoms with van der Waals surface area (Å²) in [6, 6.07) is 13.1. The highest BCUT2D eigenvalue weighted by atomic mass is 16.7. The van der Waals surface area contributed by atoms with Crippen molar-refractivity contribution in [2.45, 2.75) is 71.6 Å². The van der Waals surface area contributed by atoms with Crippen molar-refractivity contribution in [3.05, 3.63) is 65.2 Å². The Labute approximate surface area is 241 Å². The van der Waals surface area contributed by atoms with Gasteiger partial charge in [0.25, 0.3) is 0 Å². The minimum absolute atomic E-state index is 0.0541. The number of aliphatic hydroxyl groups excluding tert-OH is 1. The molecule has 5 atom stereocenters. The third kappa shape index (κ3) is 9.01. The van der Waals surface area contributed by atoms with Crippen molar-refractivity contribution in [2.75, 3.05) is 6.61 Å². The molecule has 3 rings (SSSR count). The van der Waals surface area contributed by atoms with E-state index in [0.29, 0.717) is 5.56 Å². The first-order chi connectivity index (χ1) is 20.0. The fourth-order valence-electron chi connectivity index (χ4n) is 4.15. The summed E-state index contributed by atoms with van der Waals surface area (Å²) in [4.78, 5) is 60.8. The highest BCUT2D eigenvalue weighted by molar-refractivity contribution is 5.92. The molecule has 226 valence electrons. The van der Waals surface area contributed by atoms with Gasteiger partial charge >= 0.3 is 29.8 Å². The maximum atomic E-state index is 13.1. The van der Waals surface area contributed by atoms with E-state index < -0.39 is 73.8 Å². The van der Waals surface area contributed by atoms with E-state index in [2.05, 4.69) is 0 Å². The van der Waals surface area contributed by atoms with Gasteiger partial charge in [-0.2, -0.15) is 0 Å². The summed E-state index contributed by atoms with van der Waals surface area (Å²) in [6.45, 7) is 3.55. The van der Waals surface area contributed by atoms with Gasteiger partial charge in [-0.25, -0.2) is 4.79 Å². The molecule has 1 heterocycles. The Bertz CT molecular complexity index is 1280. The Balaban J connectivity index is 2.00. The van der Waals surface area contributed by atoms with E-state index in [-0.39, 0.29) is 17.9 Å². The van der Waals surface area contributed by atoms with Gasteiger partial charge in [-0.15, -0.1) is 0 Å². The maximum Gasteiger partial charge on any atom is 0.342 e. The van der Waals surface area contributed by atoms with E-state index in [1.54, 1.807) is 24.3 Å². The molecule has 2 aromatic carbocycles. The lowest BCUT2D eigenvalue weighted by Crippen LogP contribution is -2.63. The minimum atomic E-state index is -1.56. The third-order valence-electron chi connectivity index (χ3n) is 5.85. The van der Waals surface area contributed by atoms with Crippen LogP contribution in [0.5, 0.6) is 5.75 Å². The molecule has 0 spiro atoms. The first kappa shape index (κ1) is 32.0. The zero-order valence-corrected chi connectivity index (χ0v) is 23.5. The van der Waals surface area contributed by atoms with Crippen LogP contribution < -0.4 is 4.74 Å². The van der Waals surface area contributed by atoms with Crippen LogP contribution in [0.15, 0.2) is 48.5 Å². The molecule has 2 aromatic rings. The molecule has 0 bridgehead atoms. The van der Waals surface area contributed by atoms with Crippen molar-refractivity contribution >= 4 is 29.8 Å². The monoisotopic (exact) mass is 588 g/mol. The van der Waals surface area contributed by atoms with E-state index >= 15 is 0 Å². The van der Waals surface area contributed by atoms with Crippen molar-refractivity contribution in [3.8, 4) is 5.75 Å². The average Bonchev–Trinajstić information content (AvgIpc) is 2.93. The van der Waals surface area contributed by atoms with Crippen LogP contribution in [0.25, 0.3) is 0 Å². The SMILES string of the molecule is CC(=O)OC[C@H]1O[C@@H](Oc2ccc(CO)cc2C(=O)OCc2ccccc2)[C@H](OC(C)=O)[C@@H](OC(C)=O)[C@H]1OC(C)=O. The van der Waals surface area contributed by atoms with E-state index in [4.69, 9.17) is 33.2 Å². The summed E-state index contributed by atoms with van der Waals surface area (Å²) >= 11 is 0. The molecule has 42 heavy (non-hydrogen) atoms. The quantitative estimate of drug-likeness (QED) is 0.299. The summed E-state index contributed by atoms with van der Waals surface area (Å²) < 4.78 is 38.6. The van der Waals surface area contributed by atoms with Crippen molar-refractivity contribution in [1.82, 2.24) is 0 Å². The lowest BCUT2D eigenvalue weighted by molar-refractivity contribution is -0.288. The summed E-state index contributed by atoms with van der Waals surface area (Å²) in [7, 11) is 0. The lowest BCUT2D eigenvalue weighted by Gasteiger charge is -2.44. The lowest BCUT2D eigenvalue weighted by atomic mass is 9.98. The summed E-state index contributed by atoms with van der Waals surface area (Å²) in [5, 5.41) is 9.66. The molecule has 13 heteroatoms. The van der Waals surface area contributed by atoms with Gasteiger partial charge in [-0.1, -0.05) is 36.4 Å². The number of ether oxygens (including phenoxy) is 7. The number of carbonyl (C=O) groups is 5. The van der Waals surface area contributed by atoms with Crippen LogP contribution in [0.4, 0.5) is 0 Å². The molecule has 1 aliphatic rings. The van der Waals surface area contributed by atoms with Crippen molar-refractivity contribution < 1.29 is 62.2 Å². The standard InChI is InChI=1S/C29H32O13/c1-16(31)36-15-24-25(38-17(2)32)26(39-18(3)33)27(40-19(4)34)29(42-24)41-23-11-10-21(13-30)12-22(23)28(35)37-14-20-8-6-5-7-9-20/h5-12,24-27,29-30H,13-15H2,1-4H3/t24-,25+,26+,27-,29-/m1/s1. The zero-order chi connectivity index (χ0) is 30.8. The van der Waals surface area contributed by atoms with Crippen LogP contribution in [0.3, 0.4) is 0 Å². The van der Waals surface area contributed by atoms with Crippen LogP contribution in [-0.4, -0.2) is 72.3 Å². The largest absolute Gasteiger partial charge is 0.463 e. The second kappa shape index (κ2) is 14.9. The number of aliphatic hydroxyl groups is 1. The Morgan fingerprint density at radius 2 is 1.36 bits per heavy atom. The zero-order valence-electron chi connectivity index (χ0n) is 23.5. The highest BCUT2D eigenvalue weighted by Gasteiger charge is 2.53. The summed E-state index contributed by atoms with van der Waals surface area (Å²) in [6.07, 6.45) is -7.15. The maximum absolute atomic E-state index is 13.1. The molecular weight excluding hydrogens is 556 g/mol. The Kier molecular flexibility index (Phi) is 11.4. The van der Waals surface area contributed by atoms with Crippen LogP contribution >= 0.6 is 0 Å². The predicted molar refractivity (Wildman–Crippen MR) is 141 cm³/mol. The number of hydrogen-bond acceptors (Lipinski definition) is 13. The molecule has 1 saturated heterocycles. The number of benzene rings is 2. The molecule has 0 aliphatic carbocycles. The second-order valence-electron chi connectivity index (χ2n) is 9.24. The second-order valence-corrected chi connectivity index (χ2v) is 9.24. The molecule has 0 saturated carbocycles. The molecule has 0 radical (unpaired) electrons. The van der Waals surface area contributed by atoms with Crippen molar-refractivity contribution in [2.24, 2.45) is 0 Å². The Morgan fingerprint density at radius 3 is 1.95 bits per heavy atom. The van der Waals surface area contributed by atoms with Crippen LogP contribution in [0, 0.1) is 0 Å². The first-order valence-corrected chi connectivity index (χ1v) is 12.9. The van der Waals surface area contributed by atoms with Gasteiger partial charge in [0.2, 0.25) is 12.4 Å². The van der Waals surface area contributed by atoms with E-state index in [1.807, 2.05) is 6.07 Å². The van der Waals surface area contributed by atoms with Gasteiger partial charge in [-0.3, -0.25) is 19.2 Å². The Hall–Kier alpha value is -4.49. The minimum Gasteiger partial charge on any atom is -0.463 e. The fraction of sp³-hybridized carbons (Fsp3) is 0.414. The molecule has 1 aliphatic heterocycles. The first-order valence-electron chi connectivity index (χ1n) is 12.9. The number of hydrogen-bond donors (Lipinski definition) is 1. The van der Waals surface area contributed by atoms with Gasteiger partial charge in [0.05, 0.1) is 6.61 Å². The normalized spacial score (nSPS) is 21.4. The molecule has 1 N–H and O–H groups in total. The average molecular weight is 589 g/mol. The van der Waals surface area contributed by atoms with Gasteiger partial charge in [-0.05, 0) is 23.3 Å². The molecule has 0 aromatic heterocycles. The highest BCUT2D eigenvalue weighted by Crippen LogP contribution is 2.32. The number of carbonyl (C=O) groups excluding carboxylic acids is 5. The predicted octanol–water partition coefficient (Wildman–Crippen LogP) is 2.00. The fourth-order valence-corrected chi connectivity index (χ4v) is 4.15. The number of rotatable bonds is 11. The Morgan fingerprint density at radius 1 is 0.738 bits per heavy atom. The molecule has 0 unspecified atom stereocenters. The number of esters is 5. The van der Waals surface area contributed by atoms with Gasteiger partial charge < -0.3 is 38.3 Å². The van der Waals surface area contributed by atoms with Crippen molar-refractivity contribution in [1.29, 1.82) is 0 Å². The molecule has 1 fully saturated rings.